The number of urea groups is 1. The number of hydrogen-bond acceptors (Lipinski definition) is 3. The van der Waals surface area contributed by atoms with Crippen molar-refractivity contribution in [3.8, 4) is 5.69 Å². The van der Waals surface area contributed by atoms with E-state index in [0.717, 1.165) is 11.3 Å². The number of likely N-dealkylation sites (tertiary alicyclic amines) is 1. The molecule has 3 rings (SSSR count). The monoisotopic (exact) mass is 328 g/mol. The number of carbonyl (C=O) groups is 2. The van der Waals surface area contributed by atoms with Crippen molar-refractivity contribution < 1.29 is 14.7 Å². The highest BCUT2D eigenvalue weighted by molar-refractivity contribution is 5.77. The van der Waals surface area contributed by atoms with E-state index in [2.05, 4.69) is 10.4 Å². The summed E-state index contributed by atoms with van der Waals surface area (Å²) in [5.41, 5.74) is 2.02. The van der Waals surface area contributed by atoms with Crippen molar-refractivity contribution in [1.29, 1.82) is 0 Å². The van der Waals surface area contributed by atoms with Crippen molar-refractivity contribution in [2.45, 2.75) is 12.8 Å². The Morgan fingerprint density at radius 3 is 2.79 bits per heavy atom. The van der Waals surface area contributed by atoms with Crippen molar-refractivity contribution in [3.63, 3.8) is 0 Å². The molecule has 1 saturated heterocycles. The molecule has 1 aliphatic heterocycles. The Hall–Kier alpha value is -2.83. The van der Waals surface area contributed by atoms with Crippen LogP contribution in [0.15, 0.2) is 42.7 Å². The van der Waals surface area contributed by atoms with Gasteiger partial charge in [-0.25, -0.2) is 9.48 Å². The summed E-state index contributed by atoms with van der Waals surface area (Å²) < 4.78 is 1.80. The summed E-state index contributed by atoms with van der Waals surface area (Å²) in [6, 6.07) is 9.62. The van der Waals surface area contributed by atoms with Crippen LogP contribution in [-0.4, -0.2) is 51.4 Å². The van der Waals surface area contributed by atoms with Gasteiger partial charge >= 0.3 is 12.0 Å². The summed E-state index contributed by atoms with van der Waals surface area (Å²) in [4.78, 5) is 24.5. The average molecular weight is 328 g/mol. The van der Waals surface area contributed by atoms with Crippen LogP contribution in [0.2, 0.25) is 0 Å². The topological polar surface area (TPSA) is 87.5 Å². The molecule has 7 nitrogen and oxygen atoms in total. The standard InChI is InChI=1S/C17H20N4O3/c22-16(23)14-7-9-20(12-14)17(24)18-8-6-13-10-19-21(11-13)15-4-2-1-3-5-15/h1-5,10-11,14H,6-9,12H2,(H,18,24)(H,22,23). The van der Waals surface area contributed by atoms with Gasteiger partial charge in [0.2, 0.25) is 0 Å². The molecule has 1 fully saturated rings. The minimum absolute atomic E-state index is 0.200. The van der Waals surface area contributed by atoms with Crippen LogP contribution in [-0.2, 0) is 11.2 Å². The lowest BCUT2D eigenvalue weighted by Gasteiger charge is -2.16. The Balaban J connectivity index is 1.46. The number of aromatic nitrogens is 2. The van der Waals surface area contributed by atoms with Crippen LogP contribution in [0.5, 0.6) is 0 Å². The smallest absolute Gasteiger partial charge is 0.317 e. The van der Waals surface area contributed by atoms with Gasteiger partial charge in [0.25, 0.3) is 0 Å². The molecule has 7 heteroatoms. The Kier molecular flexibility index (Phi) is 4.79. The number of hydrogen-bond donors (Lipinski definition) is 2. The first kappa shape index (κ1) is 16.0. The fourth-order valence-corrected chi connectivity index (χ4v) is 2.78. The number of para-hydroxylation sites is 1. The molecule has 2 N–H and O–H groups in total. The lowest BCUT2D eigenvalue weighted by atomic mass is 10.1. The Morgan fingerprint density at radius 1 is 1.29 bits per heavy atom. The highest BCUT2D eigenvalue weighted by Crippen LogP contribution is 2.16. The first-order valence-electron chi connectivity index (χ1n) is 7.98. The number of benzene rings is 1. The predicted molar refractivity (Wildman–Crippen MR) is 88.0 cm³/mol. The molecule has 0 saturated carbocycles. The van der Waals surface area contributed by atoms with Crippen LogP contribution in [0.25, 0.3) is 5.69 Å². The maximum absolute atomic E-state index is 12.0. The molecule has 1 unspecified atom stereocenters. The van der Waals surface area contributed by atoms with E-state index in [9.17, 15) is 9.59 Å². The molecule has 126 valence electrons. The summed E-state index contributed by atoms with van der Waals surface area (Å²) in [6.45, 7) is 1.27. The van der Waals surface area contributed by atoms with Gasteiger partial charge in [-0.3, -0.25) is 4.79 Å². The molecule has 1 aliphatic rings. The zero-order valence-corrected chi connectivity index (χ0v) is 13.3. The summed E-state index contributed by atoms with van der Waals surface area (Å²) in [6.07, 6.45) is 4.93. The molecule has 2 amide bonds. The Bertz CT molecular complexity index is 714. The molecule has 2 heterocycles. The molecule has 0 aliphatic carbocycles. The van der Waals surface area contributed by atoms with E-state index in [-0.39, 0.29) is 12.6 Å². The fourth-order valence-electron chi connectivity index (χ4n) is 2.78. The second-order valence-electron chi connectivity index (χ2n) is 5.88. The quantitative estimate of drug-likeness (QED) is 0.871. The highest BCUT2D eigenvalue weighted by Gasteiger charge is 2.30. The first-order valence-corrected chi connectivity index (χ1v) is 7.98. The van der Waals surface area contributed by atoms with E-state index in [1.165, 1.54) is 0 Å². The van der Waals surface area contributed by atoms with E-state index in [1.807, 2.05) is 36.5 Å². The number of rotatable bonds is 5. The molecule has 1 aromatic heterocycles. The molecule has 1 atom stereocenters. The van der Waals surface area contributed by atoms with Gasteiger partial charge in [0, 0.05) is 25.8 Å². The summed E-state index contributed by atoms with van der Waals surface area (Å²) in [5.74, 6) is -1.28. The maximum Gasteiger partial charge on any atom is 0.317 e. The number of aliphatic carboxylic acids is 1. The third-order valence-electron chi connectivity index (χ3n) is 4.17. The van der Waals surface area contributed by atoms with Crippen LogP contribution in [0, 0.1) is 5.92 Å². The van der Waals surface area contributed by atoms with Crippen molar-refractivity contribution in [2.24, 2.45) is 5.92 Å². The largest absolute Gasteiger partial charge is 0.481 e. The number of carboxylic acid groups (broad SMARTS) is 1. The second kappa shape index (κ2) is 7.16. The minimum Gasteiger partial charge on any atom is -0.481 e. The lowest BCUT2D eigenvalue weighted by Crippen LogP contribution is -2.39. The van der Waals surface area contributed by atoms with E-state index in [4.69, 9.17) is 5.11 Å². The van der Waals surface area contributed by atoms with Crippen molar-refractivity contribution in [2.75, 3.05) is 19.6 Å². The fraction of sp³-hybridized carbons (Fsp3) is 0.353. The number of carbonyl (C=O) groups excluding carboxylic acids is 1. The normalized spacial score (nSPS) is 17.0. The van der Waals surface area contributed by atoms with Gasteiger partial charge in [0.15, 0.2) is 0 Å². The van der Waals surface area contributed by atoms with Crippen LogP contribution in [0.4, 0.5) is 4.79 Å². The minimum atomic E-state index is -0.835. The van der Waals surface area contributed by atoms with Gasteiger partial charge in [-0.05, 0) is 30.5 Å². The first-order chi connectivity index (χ1) is 11.6. The highest BCUT2D eigenvalue weighted by atomic mass is 16.4. The van der Waals surface area contributed by atoms with Crippen LogP contribution >= 0.6 is 0 Å². The van der Waals surface area contributed by atoms with Gasteiger partial charge in [-0.15, -0.1) is 0 Å². The SMILES string of the molecule is O=C(O)C1CCN(C(=O)NCCc2cnn(-c3ccccc3)c2)C1. The molecule has 1 aromatic carbocycles. The van der Waals surface area contributed by atoms with Crippen molar-refractivity contribution >= 4 is 12.0 Å². The zero-order chi connectivity index (χ0) is 16.9. The van der Waals surface area contributed by atoms with Gasteiger partial charge in [-0.1, -0.05) is 18.2 Å². The summed E-state index contributed by atoms with van der Waals surface area (Å²) in [7, 11) is 0. The summed E-state index contributed by atoms with van der Waals surface area (Å²) >= 11 is 0. The van der Waals surface area contributed by atoms with Crippen LogP contribution < -0.4 is 5.32 Å². The van der Waals surface area contributed by atoms with Gasteiger partial charge < -0.3 is 15.3 Å². The molecular formula is C17H20N4O3. The van der Waals surface area contributed by atoms with E-state index in [1.54, 1.807) is 15.8 Å². The van der Waals surface area contributed by atoms with Gasteiger partial charge in [-0.2, -0.15) is 5.10 Å². The molecular weight excluding hydrogens is 308 g/mol. The molecule has 0 bridgehead atoms. The molecule has 0 radical (unpaired) electrons. The number of carboxylic acids is 1. The Labute approximate surface area is 139 Å². The number of amides is 2. The van der Waals surface area contributed by atoms with Crippen molar-refractivity contribution in [1.82, 2.24) is 20.0 Å². The number of nitrogens with one attached hydrogen (secondary N) is 1. The molecule has 2 aromatic rings. The van der Waals surface area contributed by atoms with E-state index < -0.39 is 11.9 Å². The van der Waals surface area contributed by atoms with Gasteiger partial charge in [0.05, 0.1) is 17.8 Å². The second-order valence-corrected chi connectivity index (χ2v) is 5.88. The predicted octanol–water partition coefficient (Wildman–Crippen LogP) is 1.53. The molecule has 24 heavy (non-hydrogen) atoms. The zero-order valence-electron chi connectivity index (χ0n) is 13.3. The summed E-state index contributed by atoms with van der Waals surface area (Å²) in [5, 5.41) is 16.1. The molecule has 0 spiro atoms. The third-order valence-corrected chi connectivity index (χ3v) is 4.17. The van der Waals surface area contributed by atoms with Crippen LogP contribution in [0.3, 0.4) is 0 Å². The Morgan fingerprint density at radius 2 is 2.08 bits per heavy atom. The van der Waals surface area contributed by atoms with Crippen molar-refractivity contribution in [3.05, 3.63) is 48.3 Å². The number of nitrogens with zero attached hydrogens (tertiary/aromatic N) is 3. The van der Waals surface area contributed by atoms with Gasteiger partial charge in [0.1, 0.15) is 0 Å². The van der Waals surface area contributed by atoms with Crippen LogP contribution in [0.1, 0.15) is 12.0 Å². The third kappa shape index (κ3) is 3.73. The van der Waals surface area contributed by atoms with E-state index in [0.29, 0.717) is 25.9 Å². The van der Waals surface area contributed by atoms with E-state index >= 15 is 0 Å². The average Bonchev–Trinajstić information content (AvgIpc) is 3.25. The lowest BCUT2D eigenvalue weighted by molar-refractivity contribution is -0.141. The maximum atomic E-state index is 12.0.